The average Bonchev–Trinajstić information content (AvgIpc) is 3.43. The number of fused-ring (bicyclic) bond motifs is 3. The Bertz CT molecular complexity index is 994. The number of carboxylic acid groups (broad SMARTS) is 1. The van der Waals surface area contributed by atoms with Crippen molar-refractivity contribution in [2.45, 2.75) is 37.3 Å². The summed E-state index contributed by atoms with van der Waals surface area (Å²) in [6.45, 7) is 0.726. The summed E-state index contributed by atoms with van der Waals surface area (Å²) in [5, 5.41) is 12.0. The van der Waals surface area contributed by atoms with E-state index in [1.807, 2.05) is 36.4 Å². The summed E-state index contributed by atoms with van der Waals surface area (Å²) in [7, 11) is 1.50. The van der Waals surface area contributed by atoms with Gasteiger partial charge in [0, 0.05) is 32.6 Å². The van der Waals surface area contributed by atoms with E-state index >= 15 is 0 Å². The highest BCUT2D eigenvalue weighted by atomic mass is 16.5. The van der Waals surface area contributed by atoms with E-state index in [1.165, 1.54) is 12.0 Å². The molecule has 0 spiro atoms. The predicted molar refractivity (Wildman–Crippen MR) is 121 cm³/mol. The average molecular weight is 453 g/mol. The van der Waals surface area contributed by atoms with Crippen molar-refractivity contribution in [2.75, 3.05) is 26.9 Å². The van der Waals surface area contributed by atoms with Crippen LogP contribution in [0.1, 0.15) is 36.3 Å². The first-order chi connectivity index (χ1) is 16.0. The highest BCUT2D eigenvalue weighted by Gasteiger charge is 2.38. The number of amides is 2. The molecular weight excluding hydrogens is 424 g/mol. The molecule has 0 bridgehead atoms. The molecule has 1 unspecified atom stereocenters. The summed E-state index contributed by atoms with van der Waals surface area (Å²) < 4.78 is 10.6. The first-order valence-electron chi connectivity index (χ1n) is 11.1. The molecule has 2 atom stereocenters. The minimum absolute atomic E-state index is 0.0914. The molecule has 174 valence electrons. The van der Waals surface area contributed by atoms with Crippen LogP contribution in [0.3, 0.4) is 0 Å². The number of ether oxygens (including phenoxy) is 2. The Hall–Kier alpha value is -3.39. The van der Waals surface area contributed by atoms with Crippen LogP contribution in [-0.2, 0) is 19.1 Å². The normalized spacial score (nSPS) is 17.8. The third-order valence-corrected chi connectivity index (χ3v) is 6.37. The smallest absolute Gasteiger partial charge is 0.407 e. The number of rotatable bonds is 8. The summed E-state index contributed by atoms with van der Waals surface area (Å²) in [4.78, 5) is 38.5. The molecule has 1 saturated heterocycles. The second-order valence-corrected chi connectivity index (χ2v) is 8.33. The molecule has 0 aromatic heterocycles. The minimum atomic E-state index is -1.03. The van der Waals surface area contributed by atoms with Crippen LogP contribution in [0.15, 0.2) is 48.5 Å². The zero-order valence-electron chi connectivity index (χ0n) is 18.5. The van der Waals surface area contributed by atoms with Crippen molar-refractivity contribution in [2.24, 2.45) is 0 Å². The predicted octanol–water partition coefficient (Wildman–Crippen LogP) is 3.01. The van der Waals surface area contributed by atoms with Gasteiger partial charge in [0.1, 0.15) is 18.7 Å². The fourth-order valence-electron chi connectivity index (χ4n) is 4.76. The topological polar surface area (TPSA) is 105 Å². The van der Waals surface area contributed by atoms with Gasteiger partial charge in [-0.25, -0.2) is 9.59 Å². The number of hydrogen-bond donors (Lipinski definition) is 2. The van der Waals surface area contributed by atoms with E-state index in [4.69, 9.17) is 9.47 Å². The van der Waals surface area contributed by atoms with Crippen LogP contribution < -0.4 is 5.32 Å². The van der Waals surface area contributed by atoms with E-state index in [2.05, 4.69) is 17.4 Å². The zero-order valence-corrected chi connectivity index (χ0v) is 18.5. The Labute approximate surface area is 192 Å². The molecule has 2 N–H and O–H groups in total. The Morgan fingerprint density at radius 2 is 1.73 bits per heavy atom. The van der Waals surface area contributed by atoms with E-state index in [1.54, 1.807) is 0 Å². The number of hydrogen-bond acceptors (Lipinski definition) is 5. The number of methoxy groups -OCH3 is 1. The van der Waals surface area contributed by atoms with Gasteiger partial charge in [0.15, 0.2) is 0 Å². The third-order valence-electron chi connectivity index (χ3n) is 6.37. The molecule has 8 heteroatoms. The summed E-state index contributed by atoms with van der Waals surface area (Å²) in [6.07, 6.45) is 0.535. The fraction of sp³-hybridized carbons (Fsp3) is 0.400. The first-order valence-corrected chi connectivity index (χ1v) is 11.1. The maximum Gasteiger partial charge on any atom is 0.407 e. The Kier molecular flexibility index (Phi) is 6.93. The minimum Gasteiger partial charge on any atom is -0.480 e. The quantitative estimate of drug-likeness (QED) is 0.638. The molecule has 1 aliphatic carbocycles. The molecule has 0 saturated carbocycles. The van der Waals surface area contributed by atoms with Gasteiger partial charge in [0.05, 0.1) is 0 Å². The number of nitrogens with zero attached hydrogens (tertiary/aromatic N) is 1. The summed E-state index contributed by atoms with van der Waals surface area (Å²) >= 11 is 0. The molecule has 4 rings (SSSR count). The molecule has 33 heavy (non-hydrogen) atoms. The second-order valence-electron chi connectivity index (χ2n) is 8.33. The van der Waals surface area contributed by atoms with Gasteiger partial charge in [-0.05, 0) is 35.1 Å². The van der Waals surface area contributed by atoms with Crippen molar-refractivity contribution in [3.8, 4) is 11.1 Å². The molecule has 2 aromatic rings. The Morgan fingerprint density at radius 1 is 1.09 bits per heavy atom. The van der Waals surface area contributed by atoms with E-state index in [0.717, 1.165) is 22.3 Å². The van der Waals surface area contributed by atoms with Crippen molar-refractivity contribution in [3.63, 3.8) is 0 Å². The van der Waals surface area contributed by atoms with Gasteiger partial charge in [-0.3, -0.25) is 4.79 Å². The van der Waals surface area contributed by atoms with E-state index < -0.39 is 30.1 Å². The monoisotopic (exact) mass is 452 g/mol. The summed E-state index contributed by atoms with van der Waals surface area (Å²) in [5.74, 6) is -1.55. The summed E-state index contributed by atoms with van der Waals surface area (Å²) in [5.41, 5.74) is 4.45. The van der Waals surface area contributed by atoms with Crippen LogP contribution in [0, 0.1) is 0 Å². The molecule has 1 aliphatic heterocycles. The fourth-order valence-corrected chi connectivity index (χ4v) is 4.76. The Balaban J connectivity index is 1.43. The second kappa shape index (κ2) is 10.0. The lowest BCUT2D eigenvalue weighted by atomic mass is 9.98. The van der Waals surface area contributed by atoms with Gasteiger partial charge >= 0.3 is 12.1 Å². The lowest BCUT2D eigenvalue weighted by molar-refractivity contribution is -0.149. The Morgan fingerprint density at radius 3 is 2.33 bits per heavy atom. The van der Waals surface area contributed by atoms with Crippen LogP contribution in [0.5, 0.6) is 0 Å². The highest BCUT2D eigenvalue weighted by molar-refractivity contribution is 5.89. The molecule has 8 nitrogen and oxygen atoms in total. The van der Waals surface area contributed by atoms with Gasteiger partial charge in [0.2, 0.25) is 5.91 Å². The molecule has 1 fully saturated rings. The van der Waals surface area contributed by atoms with Crippen LogP contribution in [0.25, 0.3) is 11.1 Å². The van der Waals surface area contributed by atoms with Crippen molar-refractivity contribution in [3.05, 3.63) is 59.7 Å². The third kappa shape index (κ3) is 4.71. The molecule has 0 radical (unpaired) electrons. The summed E-state index contributed by atoms with van der Waals surface area (Å²) in [6, 6.07) is 14.3. The van der Waals surface area contributed by atoms with Crippen LogP contribution in [0.4, 0.5) is 4.79 Å². The number of likely N-dealkylation sites (tertiary alicyclic amines) is 1. The number of carboxylic acids is 1. The number of benzene rings is 2. The van der Waals surface area contributed by atoms with E-state index in [-0.39, 0.29) is 25.6 Å². The van der Waals surface area contributed by atoms with Crippen molar-refractivity contribution in [1.29, 1.82) is 0 Å². The largest absolute Gasteiger partial charge is 0.480 e. The maximum atomic E-state index is 13.0. The van der Waals surface area contributed by atoms with Gasteiger partial charge in [0.25, 0.3) is 0 Å². The van der Waals surface area contributed by atoms with Crippen molar-refractivity contribution < 1.29 is 29.0 Å². The molecule has 1 heterocycles. The van der Waals surface area contributed by atoms with E-state index in [9.17, 15) is 19.5 Å². The van der Waals surface area contributed by atoms with Gasteiger partial charge in [-0.2, -0.15) is 0 Å². The van der Waals surface area contributed by atoms with Gasteiger partial charge in [-0.15, -0.1) is 0 Å². The zero-order chi connectivity index (χ0) is 23.4. The first kappa shape index (κ1) is 22.8. The van der Waals surface area contributed by atoms with Crippen molar-refractivity contribution >= 4 is 18.0 Å². The molecule has 2 aliphatic rings. The standard InChI is InChI=1S/C25H28N2O6/c1-32-14-12-21(23(28)27-13-6-11-22(27)24(29)30)26-25(31)33-15-20-18-9-4-2-7-16(18)17-8-3-5-10-19(17)20/h2-5,7-10,20-22H,6,11-15H2,1H3,(H,26,31)(H,29,30)/t21?,22-/m0/s1. The molecule has 2 amide bonds. The maximum absolute atomic E-state index is 13.0. The lowest BCUT2D eigenvalue weighted by Crippen LogP contribution is -2.52. The van der Waals surface area contributed by atoms with Crippen LogP contribution in [0.2, 0.25) is 0 Å². The number of alkyl carbamates (subject to hydrolysis) is 1. The number of nitrogens with one attached hydrogen (secondary N) is 1. The lowest BCUT2D eigenvalue weighted by Gasteiger charge is -2.27. The molecule has 2 aromatic carbocycles. The van der Waals surface area contributed by atoms with Gasteiger partial charge in [-0.1, -0.05) is 48.5 Å². The van der Waals surface area contributed by atoms with Crippen LogP contribution >= 0.6 is 0 Å². The SMILES string of the molecule is COCCC(NC(=O)OCC1c2ccccc2-c2ccccc21)C(=O)N1CCC[C@H]1C(=O)O. The number of carbonyl (C=O) groups is 3. The van der Waals surface area contributed by atoms with E-state index in [0.29, 0.717) is 19.4 Å². The van der Waals surface area contributed by atoms with Gasteiger partial charge < -0.3 is 24.8 Å². The van der Waals surface area contributed by atoms with Crippen LogP contribution in [-0.4, -0.2) is 66.9 Å². The number of aliphatic carboxylic acids is 1. The van der Waals surface area contributed by atoms with Crippen molar-refractivity contribution in [1.82, 2.24) is 10.2 Å². The highest BCUT2D eigenvalue weighted by Crippen LogP contribution is 2.44. The molecular formula is C25H28N2O6. The number of carbonyl (C=O) groups excluding carboxylic acids is 2.